The fourth-order valence-corrected chi connectivity index (χ4v) is 2.35. The second-order valence-electron chi connectivity index (χ2n) is 6.15. The van der Waals surface area contributed by atoms with Gasteiger partial charge in [0.25, 0.3) is 11.8 Å². The number of furan rings is 1. The first-order valence-electron chi connectivity index (χ1n) is 8.43. The number of amides is 1. The minimum Gasteiger partial charge on any atom is -0.459 e. The highest BCUT2D eigenvalue weighted by Gasteiger charge is 2.27. The lowest BCUT2D eigenvalue weighted by atomic mass is 10.0. The number of carbonyl (C=O) groups is 2. The van der Waals surface area contributed by atoms with Crippen LogP contribution in [0.5, 0.6) is 0 Å². The number of rotatable bonds is 7. The van der Waals surface area contributed by atoms with Crippen molar-refractivity contribution < 1.29 is 23.2 Å². The highest BCUT2D eigenvalue weighted by Crippen LogP contribution is 2.17. The quantitative estimate of drug-likeness (QED) is 0.638. The van der Waals surface area contributed by atoms with Gasteiger partial charge in [0, 0.05) is 5.56 Å². The molecule has 0 saturated carbocycles. The molecule has 2 heterocycles. The Labute approximate surface area is 155 Å². The van der Waals surface area contributed by atoms with Crippen molar-refractivity contribution in [1.29, 1.82) is 0 Å². The van der Waals surface area contributed by atoms with Gasteiger partial charge in [-0.3, -0.25) is 4.79 Å². The Balaban J connectivity index is 1.60. The summed E-state index contributed by atoms with van der Waals surface area (Å²) < 4.78 is 15.8. The summed E-state index contributed by atoms with van der Waals surface area (Å²) in [7, 11) is 0. The summed E-state index contributed by atoms with van der Waals surface area (Å²) in [6, 6.07) is 11.5. The molecule has 2 aromatic heterocycles. The van der Waals surface area contributed by atoms with Gasteiger partial charge in [0.05, 0.1) is 6.26 Å². The van der Waals surface area contributed by atoms with Crippen LogP contribution in [0.15, 0.2) is 57.6 Å². The van der Waals surface area contributed by atoms with Gasteiger partial charge >= 0.3 is 5.97 Å². The number of hydrogen-bond donors (Lipinski definition) is 1. The zero-order valence-corrected chi connectivity index (χ0v) is 14.9. The Hall–Kier alpha value is -3.42. The Morgan fingerprint density at radius 2 is 1.89 bits per heavy atom. The van der Waals surface area contributed by atoms with Crippen molar-refractivity contribution in [1.82, 2.24) is 15.5 Å². The molecule has 0 aliphatic rings. The lowest BCUT2D eigenvalue weighted by Crippen LogP contribution is -2.45. The Bertz CT molecular complexity index is 887. The zero-order chi connectivity index (χ0) is 19.2. The van der Waals surface area contributed by atoms with Gasteiger partial charge in [-0.25, -0.2) is 4.79 Å². The van der Waals surface area contributed by atoms with Gasteiger partial charge in [-0.2, -0.15) is 0 Å². The van der Waals surface area contributed by atoms with Gasteiger partial charge in [-0.1, -0.05) is 32.0 Å². The van der Waals surface area contributed by atoms with Crippen LogP contribution in [0.3, 0.4) is 0 Å². The molecule has 1 N–H and O–H groups in total. The van der Waals surface area contributed by atoms with E-state index in [4.69, 9.17) is 13.6 Å². The van der Waals surface area contributed by atoms with Gasteiger partial charge in [-0.15, -0.1) is 10.2 Å². The van der Waals surface area contributed by atoms with E-state index < -0.39 is 17.9 Å². The number of carbonyl (C=O) groups excluding carboxylic acids is 2. The van der Waals surface area contributed by atoms with E-state index in [-0.39, 0.29) is 24.2 Å². The predicted molar refractivity (Wildman–Crippen MR) is 94.3 cm³/mol. The fourth-order valence-electron chi connectivity index (χ4n) is 2.35. The van der Waals surface area contributed by atoms with E-state index in [0.717, 1.165) is 5.56 Å². The number of nitrogens with one attached hydrogen (secondary N) is 1. The fraction of sp³-hybridized carbons (Fsp3) is 0.263. The number of benzene rings is 1. The molecule has 0 aliphatic heterocycles. The second kappa shape index (κ2) is 8.31. The van der Waals surface area contributed by atoms with Crippen LogP contribution >= 0.6 is 0 Å². The summed E-state index contributed by atoms with van der Waals surface area (Å²) >= 11 is 0. The number of aromatic nitrogens is 2. The summed E-state index contributed by atoms with van der Waals surface area (Å²) in [5.41, 5.74) is 0.772. The first-order valence-corrected chi connectivity index (χ1v) is 8.43. The molecule has 0 radical (unpaired) electrons. The van der Waals surface area contributed by atoms with Crippen molar-refractivity contribution in [3.8, 4) is 11.5 Å². The average Bonchev–Trinajstić information content (AvgIpc) is 3.36. The van der Waals surface area contributed by atoms with Crippen molar-refractivity contribution in [2.75, 3.05) is 0 Å². The van der Waals surface area contributed by atoms with Crippen LogP contribution in [-0.4, -0.2) is 28.1 Å². The first kappa shape index (κ1) is 18.4. The molecule has 8 heteroatoms. The van der Waals surface area contributed by atoms with E-state index in [1.165, 1.54) is 12.3 Å². The molecule has 0 aliphatic carbocycles. The largest absolute Gasteiger partial charge is 0.459 e. The van der Waals surface area contributed by atoms with Gasteiger partial charge in [0.15, 0.2) is 12.4 Å². The van der Waals surface area contributed by atoms with Crippen LogP contribution in [0.1, 0.15) is 30.3 Å². The van der Waals surface area contributed by atoms with E-state index in [2.05, 4.69) is 15.5 Å². The molecule has 1 amide bonds. The van der Waals surface area contributed by atoms with Crippen LogP contribution in [0.2, 0.25) is 0 Å². The maximum atomic E-state index is 12.4. The van der Waals surface area contributed by atoms with Gasteiger partial charge in [0.2, 0.25) is 5.89 Å². The van der Waals surface area contributed by atoms with Crippen molar-refractivity contribution >= 4 is 11.9 Å². The van der Waals surface area contributed by atoms with Crippen molar-refractivity contribution in [3.63, 3.8) is 0 Å². The van der Waals surface area contributed by atoms with Gasteiger partial charge < -0.3 is 18.9 Å². The van der Waals surface area contributed by atoms with E-state index in [1.807, 2.05) is 30.3 Å². The number of ether oxygens (including phenoxy) is 1. The first-order chi connectivity index (χ1) is 13.0. The third-order valence-corrected chi connectivity index (χ3v) is 3.78. The molecule has 3 rings (SSSR count). The van der Waals surface area contributed by atoms with E-state index in [0.29, 0.717) is 5.89 Å². The molecule has 0 fully saturated rings. The third kappa shape index (κ3) is 4.60. The summed E-state index contributed by atoms with van der Waals surface area (Å²) in [5.74, 6) is -0.628. The van der Waals surface area contributed by atoms with Crippen LogP contribution in [0.25, 0.3) is 11.5 Å². The van der Waals surface area contributed by atoms with Crippen LogP contribution in [0.4, 0.5) is 0 Å². The van der Waals surface area contributed by atoms with Crippen LogP contribution < -0.4 is 5.32 Å². The summed E-state index contributed by atoms with van der Waals surface area (Å²) in [4.78, 5) is 24.5. The van der Waals surface area contributed by atoms with Crippen LogP contribution in [0, 0.1) is 5.92 Å². The van der Waals surface area contributed by atoms with E-state index >= 15 is 0 Å². The molecule has 1 atom stereocenters. The normalized spacial score (nSPS) is 12.0. The highest BCUT2D eigenvalue weighted by molar-refractivity contribution is 5.94. The highest BCUT2D eigenvalue weighted by atomic mass is 16.5. The van der Waals surface area contributed by atoms with Crippen LogP contribution in [-0.2, 0) is 16.1 Å². The average molecular weight is 369 g/mol. The van der Waals surface area contributed by atoms with Crippen molar-refractivity contribution in [2.24, 2.45) is 5.92 Å². The van der Waals surface area contributed by atoms with Crippen molar-refractivity contribution in [3.05, 3.63) is 60.4 Å². The standard InChI is InChI=1S/C19H19N3O5/c1-12(2)16(20-17(23)14-9-6-10-25-14)19(24)26-11-15-21-22-18(27-15)13-7-4-3-5-8-13/h3-10,12,16H,11H2,1-2H3,(H,20,23)/t16-/m0/s1. The number of hydrogen-bond acceptors (Lipinski definition) is 7. The molecule has 0 unspecified atom stereocenters. The Kier molecular flexibility index (Phi) is 5.65. The van der Waals surface area contributed by atoms with E-state index in [1.54, 1.807) is 19.9 Å². The van der Waals surface area contributed by atoms with Gasteiger partial charge in [-0.05, 0) is 30.2 Å². The molecule has 0 bridgehead atoms. The monoisotopic (exact) mass is 369 g/mol. The third-order valence-electron chi connectivity index (χ3n) is 3.78. The van der Waals surface area contributed by atoms with Gasteiger partial charge in [0.1, 0.15) is 6.04 Å². The minimum atomic E-state index is -0.834. The van der Waals surface area contributed by atoms with E-state index in [9.17, 15) is 9.59 Å². The maximum absolute atomic E-state index is 12.4. The zero-order valence-electron chi connectivity index (χ0n) is 14.9. The Morgan fingerprint density at radius 1 is 1.11 bits per heavy atom. The Morgan fingerprint density at radius 3 is 2.56 bits per heavy atom. The van der Waals surface area contributed by atoms with Crippen molar-refractivity contribution in [2.45, 2.75) is 26.5 Å². The topological polar surface area (TPSA) is 107 Å². The number of esters is 1. The molecule has 8 nitrogen and oxygen atoms in total. The lowest BCUT2D eigenvalue weighted by molar-refractivity contribution is -0.149. The summed E-state index contributed by atoms with van der Waals surface area (Å²) in [6.45, 7) is 3.42. The molecule has 27 heavy (non-hydrogen) atoms. The predicted octanol–water partition coefficient (Wildman–Crippen LogP) is 2.83. The molecule has 0 spiro atoms. The molecule has 1 aromatic carbocycles. The molecular weight excluding hydrogens is 350 g/mol. The summed E-state index contributed by atoms with van der Waals surface area (Å²) in [5, 5.41) is 10.4. The maximum Gasteiger partial charge on any atom is 0.329 e. The molecular formula is C19H19N3O5. The lowest BCUT2D eigenvalue weighted by Gasteiger charge is -2.19. The second-order valence-corrected chi connectivity index (χ2v) is 6.15. The SMILES string of the molecule is CC(C)[C@H](NC(=O)c1ccco1)C(=O)OCc1nnc(-c2ccccc2)o1. The minimum absolute atomic E-state index is 0.123. The molecule has 0 saturated heterocycles. The number of nitrogens with zero attached hydrogens (tertiary/aromatic N) is 2. The molecule has 3 aromatic rings. The molecule has 140 valence electrons. The smallest absolute Gasteiger partial charge is 0.329 e. The summed E-state index contributed by atoms with van der Waals surface area (Å²) in [6.07, 6.45) is 1.39.